The third-order valence-electron chi connectivity index (χ3n) is 4.46. The fourth-order valence-electron chi connectivity index (χ4n) is 2.97. The number of amides is 1. The van der Waals surface area contributed by atoms with Crippen molar-refractivity contribution < 1.29 is 37.8 Å². The molecule has 12 heteroatoms. The molecule has 1 aliphatic rings. The normalized spacial score (nSPS) is 18.0. The number of nitrogens with zero attached hydrogens (tertiary/aromatic N) is 3. The van der Waals surface area contributed by atoms with Gasteiger partial charge < -0.3 is 19.5 Å². The quantitative estimate of drug-likeness (QED) is 0.328. The molecule has 174 valence electrons. The molecule has 0 saturated heterocycles. The van der Waals surface area contributed by atoms with Gasteiger partial charge in [0.15, 0.2) is 12.0 Å². The van der Waals surface area contributed by atoms with Crippen molar-refractivity contribution in [3.63, 3.8) is 0 Å². The van der Waals surface area contributed by atoms with E-state index in [1.165, 1.54) is 12.1 Å². The average molecular weight is 460 g/mol. The lowest BCUT2D eigenvalue weighted by Crippen LogP contribution is -2.54. The summed E-state index contributed by atoms with van der Waals surface area (Å²) in [6.07, 6.45) is 1.15. The van der Waals surface area contributed by atoms with E-state index in [4.69, 9.17) is 14.2 Å². The summed E-state index contributed by atoms with van der Waals surface area (Å²) in [5, 5.41) is 16.8. The van der Waals surface area contributed by atoms with Gasteiger partial charge in [0.25, 0.3) is 5.91 Å². The number of benzene rings is 1. The molecule has 1 aromatic carbocycles. The zero-order valence-corrected chi connectivity index (χ0v) is 18.0. The van der Waals surface area contributed by atoms with Gasteiger partial charge in [0, 0.05) is 0 Å². The number of hydrogen-bond acceptors (Lipinski definition) is 10. The zero-order chi connectivity index (χ0) is 24.5. The Morgan fingerprint density at radius 1 is 1.24 bits per heavy atom. The smallest absolute Gasteiger partial charge is 0.338 e. The predicted octanol–water partition coefficient (Wildman–Crippen LogP) is 0.263. The number of esters is 3. The fourth-order valence-corrected chi connectivity index (χ4v) is 2.97. The Morgan fingerprint density at radius 3 is 2.45 bits per heavy atom. The molecule has 2 atom stereocenters. The molecule has 0 aromatic heterocycles. The largest absolute Gasteiger partial charge is 0.467 e. The summed E-state index contributed by atoms with van der Waals surface area (Å²) >= 11 is 0. The number of carbonyl (C=O) groups excluding carboxylic acids is 4. The number of nitriles is 1. The van der Waals surface area contributed by atoms with E-state index in [2.05, 4.69) is 10.4 Å². The third kappa shape index (κ3) is 5.70. The van der Waals surface area contributed by atoms with Crippen LogP contribution in [0.3, 0.4) is 0 Å². The first kappa shape index (κ1) is 25.0. The lowest BCUT2D eigenvalue weighted by Gasteiger charge is -2.34. The maximum Gasteiger partial charge on any atom is 0.338 e. The van der Waals surface area contributed by atoms with Crippen LogP contribution >= 0.6 is 0 Å². The van der Waals surface area contributed by atoms with Gasteiger partial charge in [-0.25, -0.2) is 19.0 Å². The van der Waals surface area contributed by atoms with Crippen LogP contribution in [0.2, 0.25) is 0 Å². The molecule has 0 spiro atoms. The van der Waals surface area contributed by atoms with Crippen LogP contribution in [-0.4, -0.2) is 68.5 Å². The van der Waals surface area contributed by atoms with Crippen LogP contribution in [0.25, 0.3) is 0 Å². The molecule has 11 nitrogen and oxygen atoms in total. The lowest BCUT2D eigenvalue weighted by atomic mass is 9.90. The van der Waals surface area contributed by atoms with Crippen molar-refractivity contribution in [3.05, 3.63) is 46.9 Å². The van der Waals surface area contributed by atoms with Crippen LogP contribution in [0.4, 0.5) is 4.39 Å². The lowest BCUT2D eigenvalue weighted by molar-refractivity contribution is -0.155. The van der Waals surface area contributed by atoms with Crippen molar-refractivity contribution in [3.8, 4) is 6.07 Å². The van der Waals surface area contributed by atoms with Gasteiger partial charge in [-0.15, -0.1) is 0 Å². The zero-order valence-electron chi connectivity index (χ0n) is 18.0. The molecule has 0 bridgehead atoms. The highest BCUT2D eigenvalue weighted by molar-refractivity contribution is 6.04. The third-order valence-corrected chi connectivity index (χ3v) is 4.46. The van der Waals surface area contributed by atoms with Gasteiger partial charge in [-0.05, 0) is 24.6 Å². The number of carbonyl (C=O) groups is 4. The van der Waals surface area contributed by atoms with Crippen molar-refractivity contribution in [1.29, 1.82) is 5.26 Å². The second-order valence-electron chi connectivity index (χ2n) is 6.44. The molecule has 2 rings (SSSR count). The summed E-state index contributed by atoms with van der Waals surface area (Å²) in [7, 11) is 2.07. The maximum absolute atomic E-state index is 13.2. The van der Waals surface area contributed by atoms with Gasteiger partial charge in [0.2, 0.25) is 0 Å². The molecule has 0 fully saturated rings. The van der Waals surface area contributed by atoms with Crippen LogP contribution < -0.4 is 5.32 Å². The summed E-state index contributed by atoms with van der Waals surface area (Å²) in [6.45, 7) is 1.19. The summed E-state index contributed by atoms with van der Waals surface area (Å²) < 4.78 is 27.4. The van der Waals surface area contributed by atoms with Gasteiger partial charge in [-0.3, -0.25) is 9.59 Å². The highest BCUT2D eigenvalue weighted by atomic mass is 19.1. The first-order chi connectivity index (χ1) is 15.8. The molecular weight excluding hydrogens is 439 g/mol. The standard InChI is InChI=1S/C21H21FN4O7/c1-4-33-15(27)11-24-17-14(9-23)19(28)26(25-10-12-5-7-13(22)8-6-12)18(21(30)32-3)16(17)20(29)31-2/h5-8,10,14,18,24H,4,11H2,1-3H3/b25-10+. The molecule has 0 radical (unpaired) electrons. The maximum atomic E-state index is 13.2. The van der Waals surface area contributed by atoms with Crippen LogP contribution in [0, 0.1) is 23.1 Å². The predicted molar refractivity (Wildman–Crippen MR) is 109 cm³/mol. The monoisotopic (exact) mass is 460 g/mol. The Bertz CT molecular complexity index is 1030. The van der Waals surface area contributed by atoms with E-state index in [1.807, 2.05) is 0 Å². The Balaban J connectivity index is 2.60. The van der Waals surface area contributed by atoms with Gasteiger partial charge >= 0.3 is 17.9 Å². The summed E-state index contributed by atoms with van der Waals surface area (Å²) in [4.78, 5) is 50.1. The number of methoxy groups -OCH3 is 2. The number of halogens is 1. The summed E-state index contributed by atoms with van der Waals surface area (Å²) in [5.74, 6) is -5.90. The second-order valence-corrected chi connectivity index (χ2v) is 6.44. The van der Waals surface area contributed by atoms with E-state index in [9.17, 15) is 28.8 Å². The van der Waals surface area contributed by atoms with Gasteiger partial charge in [-0.1, -0.05) is 12.1 Å². The minimum absolute atomic E-state index is 0.0840. The van der Waals surface area contributed by atoms with Gasteiger partial charge in [0.05, 0.1) is 44.4 Å². The van der Waals surface area contributed by atoms with E-state index in [-0.39, 0.29) is 12.3 Å². The first-order valence-corrected chi connectivity index (χ1v) is 9.60. The van der Waals surface area contributed by atoms with E-state index in [0.717, 1.165) is 32.6 Å². The molecule has 1 heterocycles. The minimum atomic E-state index is -1.72. The van der Waals surface area contributed by atoms with E-state index in [1.54, 1.807) is 13.0 Å². The Hall–Kier alpha value is -4.27. The highest BCUT2D eigenvalue weighted by Crippen LogP contribution is 2.30. The molecule has 33 heavy (non-hydrogen) atoms. The van der Waals surface area contributed by atoms with Crippen molar-refractivity contribution in [2.45, 2.75) is 13.0 Å². The molecule has 1 N–H and O–H groups in total. The summed E-state index contributed by atoms with van der Waals surface area (Å²) in [6, 6.07) is 5.06. The number of hydrogen-bond donors (Lipinski definition) is 1. The van der Waals surface area contributed by atoms with Crippen molar-refractivity contribution in [1.82, 2.24) is 10.3 Å². The Labute approximate surface area is 188 Å². The first-order valence-electron chi connectivity index (χ1n) is 9.60. The van der Waals surface area contributed by atoms with Crippen LogP contribution in [0.15, 0.2) is 40.6 Å². The van der Waals surface area contributed by atoms with E-state index < -0.39 is 53.7 Å². The van der Waals surface area contributed by atoms with Crippen molar-refractivity contribution >= 4 is 30.0 Å². The molecule has 1 amide bonds. The van der Waals surface area contributed by atoms with E-state index in [0.29, 0.717) is 10.6 Å². The van der Waals surface area contributed by atoms with Crippen molar-refractivity contribution in [2.75, 3.05) is 27.4 Å². The van der Waals surface area contributed by atoms with Crippen LogP contribution in [-0.2, 0) is 33.4 Å². The van der Waals surface area contributed by atoms with Gasteiger partial charge in [-0.2, -0.15) is 10.4 Å². The summed E-state index contributed by atoms with van der Waals surface area (Å²) in [5.41, 5.74) is -0.363. The topological polar surface area (TPSA) is 147 Å². The molecule has 1 aromatic rings. The molecular formula is C21H21FN4O7. The SMILES string of the molecule is CCOC(=O)CNC1=C(C(=O)OC)C(C(=O)OC)N(/N=C/c2ccc(F)cc2)C(=O)C1C#N. The Kier molecular flexibility index (Phi) is 8.62. The average Bonchev–Trinajstić information content (AvgIpc) is 2.81. The number of nitrogens with one attached hydrogen (secondary N) is 1. The minimum Gasteiger partial charge on any atom is -0.467 e. The number of rotatable bonds is 8. The highest BCUT2D eigenvalue weighted by Gasteiger charge is 2.49. The molecule has 1 aliphatic heterocycles. The second kappa shape index (κ2) is 11.4. The van der Waals surface area contributed by atoms with Gasteiger partial charge in [0.1, 0.15) is 12.4 Å². The van der Waals surface area contributed by atoms with E-state index >= 15 is 0 Å². The molecule has 2 unspecified atom stereocenters. The Morgan fingerprint density at radius 2 is 1.91 bits per heavy atom. The van der Waals surface area contributed by atoms with Crippen molar-refractivity contribution in [2.24, 2.45) is 11.0 Å². The van der Waals surface area contributed by atoms with Crippen LogP contribution in [0.5, 0.6) is 0 Å². The number of ether oxygens (including phenoxy) is 3. The number of hydrazone groups is 1. The van der Waals surface area contributed by atoms with Crippen LogP contribution in [0.1, 0.15) is 12.5 Å². The molecule has 0 saturated carbocycles. The molecule has 0 aliphatic carbocycles. The fraction of sp³-hybridized carbons (Fsp3) is 0.333.